The third kappa shape index (κ3) is 6.38. The van der Waals surface area contributed by atoms with E-state index in [1.54, 1.807) is 0 Å². The quantitative estimate of drug-likeness (QED) is 0.346. The molecule has 0 heterocycles. The van der Waals surface area contributed by atoms with Crippen LogP contribution in [0.25, 0.3) is 0 Å². The van der Waals surface area contributed by atoms with Gasteiger partial charge in [0.1, 0.15) is 12.1 Å². The van der Waals surface area contributed by atoms with Gasteiger partial charge in [0.05, 0.1) is 11.1 Å². The minimum absolute atomic E-state index is 0.461. The lowest BCUT2D eigenvalue weighted by atomic mass is 9.73. The fourth-order valence-electron chi connectivity index (χ4n) is 6.53. The second kappa shape index (κ2) is 13.0. The summed E-state index contributed by atoms with van der Waals surface area (Å²) in [5, 5.41) is 20.1. The Kier molecular flexibility index (Phi) is 10.1. The van der Waals surface area contributed by atoms with Gasteiger partial charge in [0, 0.05) is 0 Å². The Balaban J connectivity index is 1.62. The maximum Gasteiger partial charge on any atom is 0.101 e. The molecule has 0 aliphatic heterocycles. The average molecular weight is 433 g/mol. The molecule has 2 aliphatic rings. The Hall–Kier alpha value is -1.80. The molecule has 0 amide bonds. The number of benzene rings is 1. The fraction of sp³-hybridized carbons (Fsp3) is 0.733. The monoisotopic (exact) mass is 432 g/mol. The Morgan fingerprint density at radius 3 is 1.53 bits per heavy atom. The van der Waals surface area contributed by atoms with E-state index in [0.717, 1.165) is 23.0 Å². The van der Waals surface area contributed by atoms with Crippen molar-refractivity contribution < 1.29 is 0 Å². The first-order valence-corrected chi connectivity index (χ1v) is 13.7. The number of unbranched alkanes of at least 4 members (excludes halogenated alkanes) is 4. The van der Waals surface area contributed by atoms with Crippen LogP contribution in [0, 0.1) is 34.5 Å². The highest BCUT2D eigenvalue weighted by Gasteiger charge is 2.29. The van der Waals surface area contributed by atoms with Crippen LogP contribution in [0.1, 0.15) is 151 Å². The largest absolute Gasteiger partial charge is 0.192 e. The highest BCUT2D eigenvalue weighted by Crippen LogP contribution is 2.43. The first-order valence-electron chi connectivity index (χ1n) is 13.7. The molecule has 0 bridgehead atoms. The van der Waals surface area contributed by atoms with Gasteiger partial charge in [-0.1, -0.05) is 77.3 Å². The van der Waals surface area contributed by atoms with Crippen molar-refractivity contribution in [2.24, 2.45) is 11.8 Å². The number of hydrogen-bond donors (Lipinski definition) is 0. The lowest BCUT2D eigenvalue weighted by molar-refractivity contribution is 0.301. The van der Waals surface area contributed by atoms with Crippen LogP contribution in [0.5, 0.6) is 0 Å². The average Bonchev–Trinajstić information content (AvgIpc) is 2.84. The van der Waals surface area contributed by atoms with Crippen LogP contribution in [0.3, 0.4) is 0 Å². The number of nitrogens with zero attached hydrogens (tertiary/aromatic N) is 2. The maximum absolute atomic E-state index is 10.0. The van der Waals surface area contributed by atoms with Gasteiger partial charge < -0.3 is 0 Å². The van der Waals surface area contributed by atoms with Gasteiger partial charge in [-0.3, -0.25) is 0 Å². The van der Waals surface area contributed by atoms with Gasteiger partial charge in [0.15, 0.2) is 0 Å². The molecule has 2 heteroatoms. The van der Waals surface area contributed by atoms with E-state index >= 15 is 0 Å². The van der Waals surface area contributed by atoms with Gasteiger partial charge in [0.25, 0.3) is 0 Å². The molecule has 2 fully saturated rings. The van der Waals surface area contributed by atoms with Crippen LogP contribution in [0.15, 0.2) is 12.1 Å². The number of nitriles is 2. The van der Waals surface area contributed by atoms with Crippen LogP contribution in [-0.2, 0) is 0 Å². The summed E-state index contributed by atoms with van der Waals surface area (Å²) in [5.41, 5.74) is 3.71. The molecule has 0 saturated heterocycles. The Labute approximate surface area is 197 Å². The van der Waals surface area contributed by atoms with E-state index < -0.39 is 0 Å². The van der Waals surface area contributed by atoms with E-state index in [0.29, 0.717) is 23.0 Å². The minimum atomic E-state index is 0.461. The molecule has 2 saturated carbocycles. The maximum atomic E-state index is 10.0. The topological polar surface area (TPSA) is 47.6 Å². The third-order valence-electron chi connectivity index (χ3n) is 8.48. The Bertz CT molecular complexity index is 780. The molecule has 1 aromatic rings. The van der Waals surface area contributed by atoms with E-state index in [2.05, 4.69) is 38.1 Å². The van der Waals surface area contributed by atoms with Gasteiger partial charge in [0.2, 0.25) is 0 Å². The summed E-state index contributed by atoms with van der Waals surface area (Å²) in [6.07, 6.45) is 20.7. The molecule has 0 aromatic heterocycles. The van der Waals surface area contributed by atoms with Crippen molar-refractivity contribution in [3.05, 3.63) is 34.4 Å². The SMILES string of the molecule is CCCCCCCC1CCC(c2ccc(C3CCC(CCC)CC3)c(C#N)c2C#N)CC1. The van der Waals surface area contributed by atoms with Crippen molar-refractivity contribution in [3.8, 4) is 12.1 Å². The molecule has 0 radical (unpaired) electrons. The highest BCUT2D eigenvalue weighted by atomic mass is 14.4. The Morgan fingerprint density at radius 1 is 0.625 bits per heavy atom. The lowest BCUT2D eigenvalue weighted by Crippen LogP contribution is -2.17. The van der Waals surface area contributed by atoms with Crippen molar-refractivity contribution in [2.45, 2.75) is 128 Å². The summed E-state index contributed by atoms with van der Waals surface area (Å²) < 4.78 is 0. The molecular formula is C30H44N2. The standard InChI is InChI=1S/C30H44N2/c1-3-5-6-7-8-10-24-13-17-26(18-14-24)28-20-19-27(29(21-31)30(28)22-32)25-15-11-23(9-4-2)12-16-25/h19-20,23-26H,3-18H2,1-2H3. The first kappa shape index (κ1) is 24.8. The molecule has 0 spiro atoms. The molecule has 1 aromatic carbocycles. The molecule has 3 rings (SSSR count). The molecular weight excluding hydrogens is 388 g/mol. The molecule has 174 valence electrons. The summed E-state index contributed by atoms with van der Waals surface area (Å²) in [7, 11) is 0. The second-order valence-electron chi connectivity index (χ2n) is 10.6. The number of hydrogen-bond acceptors (Lipinski definition) is 2. The van der Waals surface area contributed by atoms with E-state index in [9.17, 15) is 10.5 Å². The van der Waals surface area contributed by atoms with Crippen molar-refractivity contribution in [2.75, 3.05) is 0 Å². The minimum Gasteiger partial charge on any atom is -0.192 e. The predicted molar refractivity (Wildman–Crippen MR) is 134 cm³/mol. The predicted octanol–water partition coefficient (Wildman–Crippen LogP) is 9.14. The van der Waals surface area contributed by atoms with Gasteiger partial charge in [-0.2, -0.15) is 10.5 Å². The Morgan fingerprint density at radius 2 is 1.09 bits per heavy atom. The summed E-state index contributed by atoms with van der Waals surface area (Å²) in [5.74, 6) is 2.65. The van der Waals surface area contributed by atoms with Crippen molar-refractivity contribution in [1.82, 2.24) is 0 Å². The zero-order chi connectivity index (χ0) is 22.8. The molecule has 2 aliphatic carbocycles. The van der Waals surface area contributed by atoms with Gasteiger partial charge >= 0.3 is 0 Å². The van der Waals surface area contributed by atoms with E-state index in [1.165, 1.54) is 103 Å². The van der Waals surface area contributed by atoms with Gasteiger partial charge in [-0.25, -0.2) is 0 Å². The first-order chi connectivity index (χ1) is 15.7. The summed E-state index contributed by atoms with van der Waals surface area (Å²) in [6.45, 7) is 4.55. The van der Waals surface area contributed by atoms with Crippen molar-refractivity contribution >= 4 is 0 Å². The van der Waals surface area contributed by atoms with Crippen LogP contribution in [0.4, 0.5) is 0 Å². The van der Waals surface area contributed by atoms with Crippen molar-refractivity contribution in [1.29, 1.82) is 10.5 Å². The summed E-state index contributed by atoms with van der Waals surface area (Å²) in [6, 6.07) is 9.37. The van der Waals surface area contributed by atoms with Gasteiger partial charge in [-0.15, -0.1) is 0 Å². The summed E-state index contributed by atoms with van der Waals surface area (Å²) in [4.78, 5) is 0. The van der Waals surface area contributed by atoms with Crippen LogP contribution in [0.2, 0.25) is 0 Å². The molecule has 0 atom stereocenters. The molecule has 2 nitrogen and oxygen atoms in total. The van der Waals surface area contributed by atoms with Gasteiger partial charge in [-0.05, 0) is 86.2 Å². The molecule has 0 unspecified atom stereocenters. The smallest absolute Gasteiger partial charge is 0.101 e. The van der Waals surface area contributed by atoms with E-state index in [-0.39, 0.29) is 0 Å². The normalized spacial score (nSPS) is 25.8. The summed E-state index contributed by atoms with van der Waals surface area (Å²) >= 11 is 0. The zero-order valence-electron chi connectivity index (χ0n) is 20.7. The van der Waals surface area contributed by atoms with E-state index in [4.69, 9.17) is 0 Å². The van der Waals surface area contributed by atoms with E-state index in [1.807, 2.05) is 0 Å². The molecule has 0 N–H and O–H groups in total. The highest BCUT2D eigenvalue weighted by molar-refractivity contribution is 5.56. The zero-order valence-corrected chi connectivity index (χ0v) is 20.7. The molecule has 32 heavy (non-hydrogen) atoms. The fourth-order valence-corrected chi connectivity index (χ4v) is 6.53. The number of rotatable bonds is 10. The van der Waals surface area contributed by atoms with Crippen LogP contribution < -0.4 is 0 Å². The van der Waals surface area contributed by atoms with Crippen LogP contribution >= 0.6 is 0 Å². The van der Waals surface area contributed by atoms with Crippen LogP contribution in [-0.4, -0.2) is 0 Å². The lowest BCUT2D eigenvalue weighted by Gasteiger charge is -2.31. The third-order valence-corrected chi connectivity index (χ3v) is 8.48. The van der Waals surface area contributed by atoms with Crippen molar-refractivity contribution in [3.63, 3.8) is 0 Å². The second-order valence-corrected chi connectivity index (χ2v) is 10.6.